The van der Waals surface area contributed by atoms with E-state index in [2.05, 4.69) is 22.8 Å². The predicted molar refractivity (Wildman–Crippen MR) is 85.8 cm³/mol. The Morgan fingerprint density at radius 2 is 1.71 bits per heavy atom. The molecule has 0 N–H and O–H groups in total. The zero-order valence-corrected chi connectivity index (χ0v) is 12.3. The Kier molecular flexibility index (Phi) is 3.73. The van der Waals surface area contributed by atoms with Crippen LogP contribution in [0.4, 0.5) is 5.69 Å². The molecule has 1 heterocycles. The molecule has 2 aromatic carbocycles. The maximum absolute atomic E-state index is 5.45. The van der Waals surface area contributed by atoms with E-state index in [4.69, 9.17) is 9.73 Å². The second-order valence-electron chi connectivity index (χ2n) is 4.85. The minimum Gasteiger partial charge on any atom is -0.494 e. The van der Waals surface area contributed by atoms with Gasteiger partial charge in [-0.3, -0.25) is 0 Å². The van der Waals surface area contributed by atoms with Gasteiger partial charge in [0.05, 0.1) is 12.3 Å². The van der Waals surface area contributed by atoms with Gasteiger partial charge in [0.15, 0.2) is 0 Å². The van der Waals surface area contributed by atoms with Gasteiger partial charge in [-0.1, -0.05) is 18.2 Å². The average molecular weight is 278 g/mol. The van der Waals surface area contributed by atoms with Gasteiger partial charge in [0.25, 0.3) is 0 Å². The molecule has 0 fully saturated rings. The van der Waals surface area contributed by atoms with Gasteiger partial charge < -0.3 is 9.30 Å². The summed E-state index contributed by atoms with van der Waals surface area (Å²) in [4.78, 5) is 4.70. The Morgan fingerprint density at radius 3 is 2.48 bits per heavy atom. The van der Waals surface area contributed by atoms with Crippen LogP contribution in [-0.2, 0) is 7.05 Å². The van der Waals surface area contributed by atoms with Crippen LogP contribution in [0, 0.1) is 0 Å². The quantitative estimate of drug-likeness (QED) is 0.715. The van der Waals surface area contributed by atoms with Gasteiger partial charge in [-0.2, -0.15) is 0 Å². The first kappa shape index (κ1) is 13.4. The van der Waals surface area contributed by atoms with Crippen molar-refractivity contribution in [3.63, 3.8) is 0 Å². The molecule has 1 aromatic heterocycles. The van der Waals surface area contributed by atoms with E-state index in [1.807, 2.05) is 56.4 Å². The summed E-state index contributed by atoms with van der Waals surface area (Å²) in [6, 6.07) is 20.3. The van der Waals surface area contributed by atoms with E-state index in [9.17, 15) is 0 Å². The fourth-order valence-electron chi connectivity index (χ4n) is 2.36. The van der Waals surface area contributed by atoms with Crippen molar-refractivity contribution in [1.82, 2.24) is 4.57 Å². The third-order valence-corrected chi connectivity index (χ3v) is 3.45. The summed E-state index contributed by atoms with van der Waals surface area (Å²) in [7, 11) is 2.04. The average Bonchev–Trinajstić information content (AvgIpc) is 2.52. The van der Waals surface area contributed by atoms with Crippen LogP contribution in [0.2, 0.25) is 0 Å². The van der Waals surface area contributed by atoms with Crippen molar-refractivity contribution in [3.05, 3.63) is 66.2 Å². The Labute approximate surface area is 124 Å². The Bertz CT molecular complexity index is 816. The van der Waals surface area contributed by atoms with Crippen molar-refractivity contribution < 1.29 is 4.74 Å². The van der Waals surface area contributed by atoms with Crippen LogP contribution < -0.4 is 10.2 Å². The summed E-state index contributed by atoms with van der Waals surface area (Å²) >= 11 is 0. The molecule has 3 nitrogen and oxygen atoms in total. The Hall–Kier alpha value is -2.55. The highest BCUT2D eigenvalue weighted by Gasteiger charge is 1.97. The first-order valence-corrected chi connectivity index (χ1v) is 7.10. The van der Waals surface area contributed by atoms with Crippen LogP contribution in [0.3, 0.4) is 0 Å². The lowest BCUT2D eigenvalue weighted by molar-refractivity contribution is 0.340. The molecule has 0 unspecified atom stereocenters. The van der Waals surface area contributed by atoms with Crippen LogP contribution >= 0.6 is 0 Å². The Balaban J connectivity index is 2.04. The monoisotopic (exact) mass is 278 g/mol. The lowest BCUT2D eigenvalue weighted by atomic mass is 10.2. The van der Waals surface area contributed by atoms with Crippen molar-refractivity contribution in [3.8, 4) is 5.75 Å². The zero-order valence-electron chi connectivity index (χ0n) is 12.3. The van der Waals surface area contributed by atoms with Gasteiger partial charge in [-0.15, -0.1) is 0 Å². The molecular formula is C18H18N2O. The van der Waals surface area contributed by atoms with E-state index in [0.717, 1.165) is 16.9 Å². The third kappa shape index (κ3) is 2.82. The predicted octanol–water partition coefficient (Wildman–Crippen LogP) is 3.81. The zero-order chi connectivity index (χ0) is 14.7. The van der Waals surface area contributed by atoms with Crippen LogP contribution in [-0.4, -0.2) is 11.2 Å². The molecule has 106 valence electrons. The third-order valence-electron chi connectivity index (χ3n) is 3.45. The lowest BCUT2D eigenvalue weighted by Gasteiger charge is -2.06. The van der Waals surface area contributed by atoms with Crippen molar-refractivity contribution in [2.24, 2.45) is 12.0 Å². The fourth-order valence-corrected chi connectivity index (χ4v) is 2.36. The first-order chi connectivity index (χ1) is 10.3. The van der Waals surface area contributed by atoms with E-state index in [1.54, 1.807) is 0 Å². The number of aryl methyl sites for hydroxylation is 1. The van der Waals surface area contributed by atoms with E-state index in [0.29, 0.717) is 6.61 Å². The molecule has 0 aliphatic rings. The normalized spacial score (nSPS) is 11.8. The number of hydrogen-bond acceptors (Lipinski definition) is 2. The summed E-state index contributed by atoms with van der Waals surface area (Å²) in [5.74, 6) is 0.874. The van der Waals surface area contributed by atoms with Crippen molar-refractivity contribution in [1.29, 1.82) is 0 Å². The minimum absolute atomic E-state index is 0.677. The minimum atomic E-state index is 0.677. The maximum Gasteiger partial charge on any atom is 0.133 e. The van der Waals surface area contributed by atoms with Crippen molar-refractivity contribution >= 4 is 16.6 Å². The van der Waals surface area contributed by atoms with Gasteiger partial charge >= 0.3 is 0 Å². The summed E-state index contributed by atoms with van der Waals surface area (Å²) in [6.45, 7) is 2.66. The van der Waals surface area contributed by atoms with E-state index < -0.39 is 0 Å². The van der Waals surface area contributed by atoms with Gasteiger partial charge in [0.1, 0.15) is 11.2 Å². The Morgan fingerprint density at radius 1 is 0.952 bits per heavy atom. The van der Waals surface area contributed by atoms with Crippen LogP contribution in [0.25, 0.3) is 10.9 Å². The second-order valence-corrected chi connectivity index (χ2v) is 4.85. The number of aromatic nitrogens is 1. The van der Waals surface area contributed by atoms with Crippen LogP contribution in [0.15, 0.2) is 65.7 Å². The van der Waals surface area contributed by atoms with Crippen molar-refractivity contribution in [2.75, 3.05) is 6.61 Å². The highest BCUT2D eigenvalue weighted by molar-refractivity contribution is 5.78. The fraction of sp³-hybridized carbons (Fsp3) is 0.167. The lowest BCUT2D eigenvalue weighted by Crippen LogP contribution is -2.16. The molecule has 0 aliphatic carbocycles. The molecule has 0 aliphatic heterocycles. The molecule has 0 saturated heterocycles. The van der Waals surface area contributed by atoms with E-state index >= 15 is 0 Å². The molecule has 3 aromatic rings. The van der Waals surface area contributed by atoms with Crippen molar-refractivity contribution in [2.45, 2.75) is 6.92 Å². The highest BCUT2D eigenvalue weighted by atomic mass is 16.5. The van der Waals surface area contributed by atoms with Gasteiger partial charge in [-0.25, -0.2) is 4.99 Å². The first-order valence-electron chi connectivity index (χ1n) is 7.10. The standard InChI is InChI=1S/C18H18N2O/c1-3-21-16-11-9-15(10-12-16)19-18-13-8-14-6-4-5-7-17(14)20(18)2/h4-13H,3H2,1-2H3. The number of ether oxygens (including phenoxy) is 1. The molecule has 21 heavy (non-hydrogen) atoms. The number of hydrogen-bond donors (Lipinski definition) is 0. The molecular weight excluding hydrogens is 260 g/mol. The molecule has 0 bridgehead atoms. The summed E-state index contributed by atoms with van der Waals surface area (Å²) in [6.07, 6.45) is 0. The number of nitrogens with zero attached hydrogens (tertiary/aromatic N) is 2. The molecule has 0 spiro atoms. The number of benzene rings is 2. The van der Waals surface area contributed by atoms with Crippen LogP contribution in [0.5, 0.6) is 5.75 Å². The summed E-state index contributed by atoms with van der Waals surface area (Å²) in [5.41, 5.74) is 3.02. The molecule has 0 saturated carbocycles. The largest absolute Gasteiger partial charge is 0.494 e. The SMILES string of the molecule is CCOc1ccc(N=c2ccc3ccccc3n2C)cc1. The molecule has 0 radical (unpaired) electrons. The second kappa shape index (κ2) is 5.83. The van der Waals surface area contributed by atoms with Gasteiger partial charge in [0, 0.05) is 12.6 Å². The van der Waals surface area contributed by atoms with Crippen LogP contribution in [0.1, 0.15) is 6.92 Å². The molecule has 0 atom stereocenters. The highest BCUT2D eigenvalue weighted by Crippen LogP contribution is 2.17. The molecule has 3 rings (SSSR count). The van der Waals surface area contributed by atoms with Gasteiger partial charge in [0.2, 0.25) is 0 Å². The number of para-hydroxylation sites is 1. The maximum atomic E-state index is 5.45. The molecule has 0 amide bonds. The number of pyridine rings is 1. The molecule has 3 heteroatoms. The summed E-state index contributed by atoms with van der Waals surface area (Å²) < 4.78 is 7.55. The topological polar surface area (TPSA) is 26.5 Å². The number of fused-ring (bicyclic) bond motifs is 1. The van der Waals surface area contributed by atoms with E-state index in [-0.39, 0.29) is 0 Å². The number of rotatable bonds is 3. The summed E-state index contributed by atoms with van der Waals surface area (Å²) in [5, 5.41) is 1.21. The smallest absolute Gasteiger partial charge is 0.133 e. The van der Waals surface area contributed by atoms with Gasteiger partial charge in [-0.05, 0) is 54.8 Å². The van der Waals surface area contributed by atoms with E-state index in [1.165, 1.54) is 10.9 Å².